The van der Waals surface area contributed by atoms with Gasteiger partial charge in [0.25, 0.3) is 0 Å². The molecule has 4 rings (SSSR count). The van der Waals surface area contributed by atoms with E-state index < -0.39 is 0 Å². The van der Waals surface area contributed by atoms with E-state index in [1.165, 1.54) is 11.1 Å². The van der Waals surface area contributed by atoms with Gasteiger partial charge in [-0.2, -0.15) is 5.10 Å². The lowest BCUT2D eigenvalue weighted by molar-refractivity contribution is -0.106. The van der Waals surface area contributed by atoms with E-state index in [0.29, 0.717) is 6.61 Å². The number of aromatic nitrogens is 3. The molecule has 1 aromatic carbocycles. The van der Waals surface area contributed by atoms with E-state index in [4.69, 9.17) is 14.5 Å². The molecule has 1 aliphatic heterocycles. The lowest BCUT2D eigenvalue weighted by atomic mass is 9.98. The van der Waals surface area contributed by atoms with Crippen LogP contribution < -0.4 is 11.1 Å². The normalized spacial score (nSPS) is 17.4. The molecule has 30 heavy (non-hydrogen) atoms. The molecule has 2 unspecified atom stereocenters. The fourth-order valence-corrected chi connectivity index (χ4v) is 3.42. The zero-order chi connectivity index (χ0) is 22.3. The first-order valence-electron chi connectivity index (χ1n) is 10.5. The Kier molecular flexibility index (Phi) is 8.35. The molecule has 3 heterocycles. The van der Waals surface area contributed by atoms with E-state index in [1.54, 1.807) is 0 Å². The van der Waals surface area contributed by atoms with Crippen molar-refractivity contribution in [3.05, 3.63) is 52.8 Å². The van der Waals surface area contributed by atoms with Crippen LogP contribution in [-0.4, -0.2) is 27.1 Å². The van der Waals surface area contributed by atoms with Crippen LogP contribution in [0.1, 0.15) is 62.9 Å². The molecular weight excluding hydrogens is 378 g/mol. The van der Waals surface area contributed by atoms with E-state index in [1.807, 2.05) is 30.6 Å². The summed E-state index contributed by atoms with van der Waals surface area (Å²) in [6, 6.07) is 8.56. The van der Waals surface area contributed by atoms with Crippen molar-refractivity contribution >= 4 is 23.6 Å². The number of anilines is 2. The molecule has 7 heteroatoms. The van der Waals surface area contributed by atoms with Gasteiger partial charge in [0.15, 0.2) is 5.65 Å². The molecule has 0 spiro atoms. The summed E-state index contributed by atoms with van der Waals surface area (Å²) in [6.07, 6.45) is 3.22. The van der Waals surface area contributed by atoms with Crippen molar-refractivity contribution in [3.8, 4) is 0 Å². The third-order valence-corrected chi connectivity index (χ3v) is 5.20. The van der Waals surface area contributed by atoms with Gasteiger partial charge in [-0.05, 0) is 37.5 Å². The average Bonchev–Trinajstić information content (AvgIpc) is 3.17. The number of nitrogens with two attached hydrogens (primary N) is 1. The third kappa shape index (κ3) is 4.97. The third-order valence-electron chi connectivity index (χ3n) is 5.20. The molecule has 0 radical (unpaired) electrons. The van der Waals surface area contributed by atoms with Crippen molar-refractivity contribution < 1.29 is 9.53 Å². The topological polar surface area (TPSA) is 94.5 Å². The van der Waals surface area contributed by atoms with Crippen molar-refractivity contribution in [2.24, 2.45) is 5.73 Å². The van der Waals surface area contributed by atoms with Crippen LogP contribution in [-0.2, 0) is 22.6 Å². The minimum Gasteiger partial charge on any atom is -0.373 e. The van der Waals surface area contributed by atoms with Gasteiger partial charge in [0.2, 0.25) is 6.41 Å². The summed E-state index contributed by atoms with van der Waals surface area (Å²) < 4.78 is 8.06. The minimum absolute atomic E-state index is 0.0837. The predicted octanol–water partition coefficient (Wildman–Crippen LogP) is 4.49. The van der Waals surface area contributed by atoms with Crippen LogP contribution in [0.2, 0.25) is 0 Å². The number of ether oxygens (including phenoxy) is 1. The summed E-state index contributed by atoms with van der Waals surface area (Å²) in [5, 5.41) is 8.04. The van der Waals surface area contributed by atoms with Crippen LogP contribution in [0.4, 0.5) is 11.5 Å². The first kappa shape index (κ1) is 23.3. The van der Waals surface area contributed by atoms with Crippen molar-refractivity contribution in [2.75, 3.05) is 5.32 Å². The SMILES string of the molecule is CC.CCc1ccc2cc1Nc1cc(C)n3ncc(c3n1)C(C)C(C)OC2.NC=O. The predicted molar refractivity (Wildman–Crippen MR) is 121 cm³/mol. The van der Waals surface area contributed by atoms with Crippen LogP contribution in [0, 0.1) is 6.92 Å². The number of rotatable bonds is 1. The van der Waals surface area contributed by atoms with E-state index in [0.717, 1.165) is 34.8 Å². The second-order valence-electron chi connectivity index (χ2n) is 7.03. The summed E-state index contributed by atoms with van der Waals surface area (Å²) in [7, 11) is 0. The van der Waals surface area contributed by atoms with Crippen molar-refractivity contribution in [1.82, 2.24) is 14.6 Å². The molecule has 3 N–H and O–H groups in total. The molecule has 7 nitrogen and oxygen atoms in total. The Morgan fingerprint density at radius 2 is 2.00 bits per heavy atom. The van der Waals surface area contributed by atoms with Gasteiger partial charge in [0.1, 0.15) is 5.82 Å². The van der Waals surface area contributed by atoms with Gasteiger partial charge in [-0.3, -0.25) is 4.79 Å². The number of carbonyl (C=O) groups is 1. The summed E-state index contributed by atoms with van der Waals surface area (Å²) in [6.45, 7) is 13.1. The molecule has 0 saturated carbocycles. The number of hydrogen-bond acceptors (Lipinski definition) is 5. The van der Waals surface area contributed by atoms with Crippen LogP contribution in [0.25, 0.3) is 5.65 Å². The molecule has 2 aromatic heterocycles. The van der Waals surface area contributed by atoms with E-state index in [2.05, 4.69) is 62.0 Å². The molecule has 0 saturated heterocycles. The van der Waals surface area contributed by atoms with Gasteiger partial charge < -0.3 is 15.8 Å². The Morgan fingerprint density at radius 3 is 2.67 bits per heavy atom. The highest BCUT2D eigenvalue weighted by Gasteiger charge is 2.22. The van der Waals surface area contributed by atoms with Crippen molar-refractivity contribution in [1.29, 1.82) is 0 Å². The number of hydrogen-bond donors (Lipinski definition) is 2. The van der Waals surface area contributed by atoms with Crippen molar-refractivity contribution in [3.63, 3.8) is 0 Å². The number of nitrogens with one attached hydrogen (secondary N) is 1. The Balaban J connectivity index is 0.000000590. The maximum absolute atomic E-state index is 8.58. The average molecular weight is 412 g/mol. The zero-order valence-corrected chi connectivity index (χ0v) is 18.8. The standard InChI is InChI=1S/C20H24N4O.C2H6.CH3NO/c1-5-16-7-6-15-9-18(16)22-19-8-12(2)24-20(23-19)17(10-21-24)13(3)14(4)25-11-15;1-2;2-1-3/h6-10,13-14H,5,11H2,1-4H3,(H,22,23);1-2H3;1H,(H2,2,3). The maximum Gasteiger partial charge on any atom is 0.204 e. The van der Waals surface area contributed by atoms with Gasteiger partial charge in [-0.25, -0.2) is 9.50 Å². The number of nitrogens with zero attached hydrogens (tertiary/aromatic N) is 3. The number of aryl methyl sites for hydroxylation is 2. The largest absolute Gasteiger partial charge is 0.373 e. The molecular formula is C23H33N5O2. The minimum atomic E-state index is 0.0837. The van der Waals surface area contributed by atoms with Crippen molar-refractivity contribution in [2.45, 2.75) is 66.6 Å². The summed E-state index contributed by atoms with van der Waals surface area (Å²) in [5.74, 6) is 1.08. The number of fused-ring (bicyclic) bond motifs is 3. The molecule has 4 bridgehead atoms. The molecule has 3 aromatic rings. The first-order chi connectivity index (χ1) is 14.5. The summed E-state index contributed by atoms with van der Waals surface area (Å²) in [5.41, 5.74) is 10.8. The van der Waals surface area contributed by atoms with Gasteiger partial charge in [-0.1, -0.05) is 39.8 Å². The fourth-order valence-electron chi connectivity index (χ4n) is 3.42. The van der Waals surface area contributed by atoms with E-state index in [-0.39, 0.29) is 18.4 Å². The lowest BCUT2D eigenvalue weighted by Crippen LogP contribution is -2.17. The smallest absolute Gasteiger partial charge is 0.204 e. The molecule has 0 fully saturated rings. The van der Waals surface area contributed by atoms with Gasteiger partial charge in [0.05, 0.1) is 18.9 Å². The number of carbonyl (C=O) groups excluding carboxylic acids is 1. The first-order valence-corrected chi connectivity index (χ1v) is 10.5. The van der Waals surface area contributed by atoms with Gasteiger partial charge in [-0.15, -0.1) is 0 Å². The molecule has 2 atom stereocenters. The van der Waals surface area contributed by atoms with Gasteiger partial charge in [0, 0.05) is 28.9 Å². The highest BCUT2D eigenvalue weighted by molar-refractivity contribution is 5.65. The molecule has 162 valence electrons. The fraction of sp³-hybridized carbons (Fsp3) is 0.435. The number of amides is 1. The second kappa shape index (κ2) is 10.7. The van der Waals surface area contributed by atoms with E-state index >= 15 is 0 Å². The monoisotopic (exact) mass is 411 g/mol. The maximum atomic E-state index is 8.58. The highest BCUT2D eigenvalue weighted by atomic mass is 16.5. The van der Waals surface area contributed by atoms with Crippen LogP contribution in [0.3, 0.4) is 0 Å². The Labute approximate surface area is 178 Å². The summed E-state index contributed by atoms with van der Waals surface area (Å²) >= 11 is 0. The van der Waals surface area contributed by atoms with Crippen LogP contribution in [0.5, 0.6) is 0 Å². The molecule has 1 amide bonds. The highest BCUT2D eigenvalue weighted by Crippen LogP contribution is 2.30. The summed E-state index contributed by atoms with van der Waals surface area (Å²) in [4.78, 5) is 13.4. The Morgan fingerprint density at radius 1 is 1.30 bits per heavy atom. The van der Waals surface area contributed by atoms with Crippen LogP contribution >= 0.6 is 0 Å². The molecule has 1 aliphatic rings. The zero-order valence-electron chi connectivity index (χ0n) is 18.8. The number of primary amides is 1. The lowest BCUT2D eigenvalue weighted by Gasteiger charge is -2.22. The Bertz CT molecular complexity index is 983. The van der Waals surface area contributed by atoms with Gasteiger partial charge >= 0.3 is 0 Å². The van der Waals surface area contributed by atoms with E-state index in [9.17, 15) is 0 Å². The second-order valence-corrected chi connectivity index (χ2v) is 7.03. The quantitative estimate of drug-likeness (QED) is 0.575. The number of benzene rings is 1. The Hall–Kier alpha value is -2.93. The van der Waals surface area contributed by atoms with Crippen LogP contribution in [0.15, 0.2) is 30.5 Å². The molecule has 0 aliphatic carbocycles.